The summed E-state index contributed by atoms with van der Waals surface area (Å²) >= 11 is 0. The van der Waals surface area contributed by atoms with Crippen molar-refractivity contribution >= 4 is 18.6 Å². The Morgan fingerprint density at radius 2 is 1.75 bits per heavy atom. The molecule has 0 spiro atoms. The predicted octanol–water partition coefficient (Wildman–Crippen LogP) is 1.08. The highest BCUT2D eigenvalue weighted by atomic mass is 16.7. The third kappa shape index (κ3) is 2.45. The SMILES string of the molecule is CN(C)C(=O)c1cccnc1B1OC(C)(C)C(C)(C)O1. The minimum absolute atomic E-state index is 0.109. The second kappa shape index (κ2) is 4.86. The Kier molecular flexibility index (Phi) is 3.65. The number of amides is 1. The lowest BCUT2D eigenvalue weighted by Crippen LogP contribution is -2.42. The number of hydrogen-bond acceptors (Lipinski definition) is 4. The molecule has 2 rings (SSSR count). The van der Waals surface area contributed by atoms with Crippen molar-refractivity contribution in [1.82, 2.24) is 9.88 Å². The van der Waals surface area contributed by atoms with Crippen LogP contribution in [0.4, 0.5) is 0 Å². The van der Waals surface area contributed by atoms with Crippen molar-refractivity contribution < 1.29 is 14.1 Å². The zero-order chi connectivity index (χ0) is 15.1. The van der Waals surface area contributed by atoms with E-state index in [-0.39, 0.29) is 5.91 Å². The van der Waals surface area contributed by atoms with Gasteiger partial charge < -0.3 is 14.2 Å². The van der Waals surface area contributed by atoms with Gasteiger partial charge in [-0.3, -0.25) is 9.78 Å². The number of aromatic nitrogens is 1. The van der Waals surface area contributed by atoms with E-state index in [2.05, 4.69) is 4.98 Å². The van der Waals surface area contributed by atoms with Crippen LogP contribution in [0, 0.1) is 0 Å². The van der Waals surface area contributed by atoms with Crippen molar-refractivity contribution in [3.63, 3.8) is 0 Å². The predicted molar refractivity (Wildman–Crippen MR) is 78.0 cm³/mol. The van der Waals surface area contributed by atoms with Crippen molar-refractivity contribution in [1.29, 1.82) is 0 Å². The van der Waals surface area contributed by atoms with E-state index < -0.39 is 18.3 Å². The van der Waals surface area contributed by atoms with Crippen LogP contribution in [0.3, 0.4) is 0 Å². The summed E-state index contributed by atoms with van der Waals surface area (Å²) in [6, 6.07) is 3.49. The molecular weight excluding hydrogens is 255 g/mol. The maximum Gasteiger partial charge on any atom is 0.515 e. The van der Waals surface area contributed by atoms with Crippen LogP contribution in [0.5, 0.6) is 0 Å². The Morgan fingerprint density at radius 3 is 2.25 bits per heavy atom. The summed E-state index contributed by atoms with van der Waals surface area (Å²) in [4.78, 5) is 18.0. The van der Waals surface area contributed by atoms with E-state index in [1.54, 1.807) is 32.4 Å². The summed E-state index contributed by atoms with van der Waals surface area (Å²) in [6.07, 6.45) is 1.65. The Labute approximate surface area is 120 Å². The van der Waals surface area contributed by atoms with E-state index in [4.69, 9.17) is 9.31 Å². The van der Waals surface area contributed by atoms with Gasteiger partial charge in [0.05, 0.1) is 22.4 Å². The van der Waals surface area contributed by atoms with E-state index in [1.807, 2.05) is 27.7 Å². The summed E-state index contributed by atoms with van der Waals surface area (Å²) in [5.41, 5.74) is 0.141. The summed E-state index contributed by atoms with van der Waals surface area (Å²) < 4.78 is 11.9. The summed E-state index contributed by atoms with van der Waals surface area (Å²) in [7, 11) is 2.80. The summed E-state index contributed by atoms with van der Waals surface area (Å²) in [5, 5.41) is 0. The third-order valence-electron chi connectivity index (χ3n) is 3.95. The smallest absolute Gasteiger partial charge is 0.398 e. The Hall–Kier alpha value is -1.40. The van der Waals surface area contributed by atoms with E-state index in [0.717, 1.165) is 0 Å². The molecule has 108 valence electrons. The summed E-state index contributed by atoms with van der Waals surface area (Å²) in [5.74, 6) is -0.109. The monoisotopic (exact) mass is 276 g/mol. The first-order chi connectivity index (χ1) is 9.16. The van der Waals surface area contributed by atoms with Gasteiger partial charge in [-0.25, -0.2) is 0 Å². The molecule has 20 heavy (non-hydrogen) atoms. The average Bonchev–Trinajstić information content (AvgIpc) is 2.57. The normalized spacial score (nSPS) is 20.0. The topological polar surface area (TPSA) is 51.7 Å². The van der Waals surface area contributed by atoms with Gasteiger partial charge in [0.15, 0.2) is 0 Å². The van der Waals surface area contributed by atoms with E-state index in [0.29, 0.717) is 11.2 Å². The van der Waals surface area contributed by atoms with Crippen LogP contribution in [-0.2, 0) is 9.31 Å². The molecule has 5 nitrogen and oxygen atoms in total. The standard InChI is InChI=1S/C14H21BN2O3/c1-13(2)14(3,4)20-15(19-13)11-10(8-7-9-16-11)12(18)17(5)6/h7-9H,1-6H3. The minimum atomic E-state index is -0.625. The van der Waals surface area contributed by atoms with Crippen LogP contribution >= 0.6 is 0 Å². The van der Waals surface area contributed by atoms with Crippen LogP contribution in [0.25, 0.3) is 0 Å². The molecule has 0 unspecified atom stereocenters. The van der Waals surface area contributed by atoms with Crippen molar-refractivity contribution in [2.75, 3.05) is 14.1 Å². The number of nitrogens with zero attached hydrogens (tertiary/aromatic N) is 2. The van der Waals surface area contributed by atoms with Crippen molar-refractivity contribution in [3.05, 3.63) is 23.9 Å². The molecule has 6 heteroatoms. The fourth-order valence-corrected chi connectivity index (χ4v) is 1.98. The molecule has 1 aliphatic heterocycles. The molecule has 0 bridgehead atoms. The van der Waals surface area contributed by atoms with Crippen LogP contribution in [0.15, 0.2) is 18.3 Å². The van der Waals surface area contributed by atoms with Crippen LogP contribution < -0.4 is 5.59 Å². The van der Waals surface area contributed by atoms with E-state index in [1.165, 1.54) is 4.90 Å². The maximum absolute atomic E-state index is 12.2. The highest BCUT2D eigenvalue weighted by molar-refractivity contribution is 6.62. The lowest BCUT2D eigenvalue weighted by atomic mass is 9.80. The number of rotatable bonds is 2. The Bertz CT molecular complexity index is 513. The van der Waals surface area contributed by atoms with Crippen molar-refractivity contribution in [2.45, 2.75) is 38.9 Å². The quantitative estimate of drug-likeness (QED) is 0.758. The molecule has 2 heterocycles. The van der Waals surface area contributed by atoms with Crippen LogP contribution in [0.2, 0.25) is 0 Å². The fourth-order valence-electron chi connectivity index (χ4n) is 1.98. The van der Waals surface area contributed by atoms with Crippen molar-refractivity contribution in [2.24, 2.45) is 0 Å². The highest BCUT2D eigenvalue weighted by Crippen LogP contribution is 2.36. The lowest BCUT2D eigenvalue weighted by molar-refractivity contribution is 0.00578. The molecule has 1 fully saturated rings. The van der Waals surface area contributed by atoms with Crippen molar-refractivity contribution in [3.8, 4) is 0 Å². The van der Waals surface area contributed by atoms with Gasteiger partial charge in [0.1, 0.15) is 0 Å². The zero-order valence-electron chi connectivity index (χ0n) is 12.9. The number of carbonyl (C=O) groups excluding carboxylic acids is 1. The molecule has 1 aromatic heterocycles. The van der Waals surface area contributed by atoms with Gasteiger partial charge in [-0.2, -0.15) is 0 Å². The number of pyridine rings is 1. The van der Waals surface area contributed by atoms with Gasteiger partial charge in [-0.15, -0.1) is 0 Å². The third-order valence-corrected chi connectivity index (χ3v) is 3.95. The maximum atomic E-state index is 12.2. The molecule has 1 aliphatic rings. The first-order valence-corrected chi connectivity index (χ1v) is 6.68. The first kappa shape index (κ1) is 15.0. The molecule has 0 radical (unpaired) electrons. The zero-order valence-corrected chi connectivity index (χ0v) is 12.9. The number of carbonyl (C=O) groups is 1. The Morgan fingerprint density at radius 1 is 1.20 bits per heavy atom. The molecule has 1 amide bonds. The van der Waals surface area contributed by atoms with Gasteiger partial charge in [0.25, 0.3) is 5.91 Å². The largest absolute Gasteiger partial charge is 0.515 e. The first-order valence-electron chi connectivity index (χ1n) is 6.68. The lowest BCUT2D eigenvalue weighted by Gasteiger charge is -2.32. The summed E-state index contributed by atoms with van der Waals surface area (Å²) in [6.45, 7) is 7.90. The van der Waals surface area contributed by atoms with Gasteiger partial charge in [0.2, 0.25) is 0 Å². The molecular formula is C14H21BN2O3. The average molecular weight is 276 g/mol. The molecule has 0 aliphatic carbocycles. The molecule has 0 aromatic carbocycles. The van der Waals surface area contributed by atoms with Gasteiger partial charge >= 0.3 is 7.12 Å². The number of hydrogen-bond donors (Lipinski definition) is 0. The van der Waals surface area contributed by atoms with Gasteiger partial charge in [-0.1, -0.05) is 0 Å². The van der Waals surface area contributed by atoms with Gasteiger partial charge in [-0.05, 0) is 39.8 Å². The second-order valence-electron chi connectivity index (χ2n) is 6.22. The highest BCUT2D eigenvalue weighted by Gasteiger charge is 2.53. The molecule has 1 aromatic rings. The van der Waals surface area contributed by atoms with Crippen LogP contribution in [-0.4, -0.2) is 48.2 Å². The van der Waals surface area contributed by atoms with Crippen LogP contribution in [0.1, 0.15) is 38.1 Å². The minimum Gasteiger partial charge on any atom is -0.398 e. The van der Waals surface area contributed by atoms with Gasteiger partial charge in [0, 0.05) is 20.3 Å². The Balaban J connectivity index is 2.39. The fraction of sp³-hybridized carbons (Fsp3) is 0.571. The second-order valence-corrected chi connectivity index (χ2v) is 6.22. The molecule has 0 atom stereocenters. The molecule has 0 saturated carbocycles. The van der Waals surface area contributed by atoms with E-state index >= 15 is 0 Å². The van der Waals surface area contributed by atoms with E-state index in [9.17, 15) is 4.79 Å². The molecule has 0 N–H and O–H groups in total. The molecule has 1 saturated heterocycles.